The van der Waals surface area contributed by atoms with Gasteiger partial charge in [-0.3, -0.25) is 0 Å². The fourth-order valence-electron chi connectivity index (χ4n) is 0.707. The van der Waals surface area contributed by atoms with E-state index in [2.05, 4.69) is 32.3 Å². The summed E-state index contributed by atoms with van der Waals surface area (Å²) in [6.07, 6.45) is 0. The molecule has 0 atom stereocenters. The highest BCUT2D eigenvalue weighted by molar-refractivity contribution is 6.48. The quantitative estimate of drug-likeness (QED) is 0.493. The van der Waals surface area contributed by atoms with Gasteiger partial charge in [0.1, 0.15) is 0 Å². The zero-order chi connectivity index (χ0) is 6.78. The first-order chi connectivity index (χ1) is 3.42. The van der Waals surface area contributed by atoms with Gasteiger partial charge in [0.2, 0.25) is 0 Å². The summed E-state index contributed by atoms with van der Waals surface area (Å²) in [5.74, 6) is 4.37. The monoisotopic (exact) mass is 130 g/mol. The van der Waals surface area contributed by atoms with E-state index in [-0.39, 0.29) is 5.60 Å². The third kappa shape index (κ3) is 6.49. The Morgan fingerprint density at radius 3 is 1.50 bits per heavy atom. The van der Waals surface area contributed by atoms with Crippen LogP contribution >= 0.6 is 0 Å². The van der Waals surface area contributed by atoms with Crippen LogP contribution in [0, 0.1) is 0 Å². The molecule has 0 aromatic carbocycles. The molecule has 0 aromatic rings. The van der Waals surface area contributed by atoms with E-state index >= 15 is 0 Å². The molecule has 0 aliphatic rings. The molecule has 1 nitrogen and oxygen atoms in total. The normalized spacial score (nSPS) is 11.6. The molecule has 0 aliphatic heterocycles. The maximum atomic E-state index is 5.58. The van der Waals surface area contributed by atoms with E-state index in [4.69, 9.17) is 3.79 Å². The Labute approximate surface area is 56.8 Å². The van der Waals surface area contributed by atoms with E-state index in [0.717, 1.165) is 0 Å². The number of hydrogen-bond donors (Lipinski definition) is 0. The van der Waals surface area contributed by atoms with Crippen LogP contribution in [0.15, 0.2) is 0 Å². The van der Waals surface area contributed by atoms with Gasteiger partial charge in [-0.05, 0) is 20.8 Å². The fourth-order valence-corrected chi connectivity index (χ4v) is 2.12. The Balaban J connectivity index is 3.39. The second-order valence-electron chi connectivity index (χ2n) is 3.28. The van der Waals surface area contributed by atoms with E-state index < -0.39 is 14.5 Å². The molecule has 0 aliphatic carbocycles. The number of rotatable bonds is 1. The Morgan fingerprint density at radius 1 is 1.12 bits per heavy atom. The average Bonchev–Trinajstić information content (AvgIpc) is 1.21. The molecule has 0 fully saturated rings. The molecule has 0 aromatic heterocycles. The lowest BCUT2D eigenvalue weighted by Crippen LogP contribution is -2.25. The van der Waals surface area contributed by atoms with Crippen LogP contribution in [0.5, 0.6) is 0 Å². The smallest absolute Gasteiger partial charge is 0.454 e. The summed E-state index contributed by atoms with van der Waals surface area (Å²) in [5, 5.41) is 0. The van der Waals surface area contributed by atoms with Gasteiger partial charge < -0.3 is 3.79 Å². The van der Waals surface area contributed by atoms with Crippen molar-refractivity contribution in [2.75, 3.05) is 0 Å². The number of hydrogen-bond acceptors (Lipinski definition) is 1. The molecule has 0 N–H and O–H groups in total. The largest absolute Gasteiger partial charge is 0.497 e. The highest BCUT2D eigenvalue weighted by Crippen LogP contribution is 2.07. The van der Waals surface area contributed by atoms with Crippen molar-refractivity contribution in [1.82, 2.24) is 0 Å². The van der Waals surface area contributed by atoms with Gasteiger partial charge in [-0.2, -0.15) is 0 Å². The molecular formula is C6H15AlO. The Bertz CT molecular complexity index is 63.4. The summed E-state index contributed by atoms with van der Waals surface area (Å²) in [6, 6.07) is 0. The van der Waals surface area contributed by atoms with Crippen molar-refractivity contribution in [3.05, 3.63) is 0 Å². The van der Waals surface area contributed by atoms with Gasteiger partial charge >= 0.3 is 14.5 Å². The minimum absolute atomic E-state index is 0.0837. The van der Waals surface area contributed by atoms with Crippen molar-refractivity contribution in [1.29, 1.82) is 0 Å². The van der Waals surface area contributed by atoms with Crippen molar-refractivity contribution < 1.29 is 3.79 Å². The van der Waals surface area contributed by atoms with Crippen LogP contribution in [0.2, 0.25) is 11.6 Å². The van der Waals surface area contributed by atoms with Crippen LogP contribution in [-0.2, 0) is 3.79 Å². The van der Waals surface area contributed by atoms with Crippen LogP contribution in [0.4, 0.5) is 0 Å². The van der Waals surface area contributed by atoms with Gasteiger partial charge in [-0.15, -0.1) is 0 Å². The maximum Gasteiger partial charge on any atom is 0.454 e. The zero-order valence-corrected chi connectivity index (χ0v) is 7.64. The molecule has 0 unspecified atom stereocenters. The van der Waals surface area contributed by atoms with E-state index in [1.165, 1.54) is 0 Å². The van der Waals surface area contributed by atoms with E-state index in [0.29, 0.717) is 0 Å². The third-order valence-corrected chi connectivity index (χ3v) is 1.77. The molecule has 0 radical (unpaired) electrons. The lowest BCUT2D eigenvalue weighted by molar-refractivity contribution is 0.132. The molecule has 8 heavy (non-hydrogen) atoms. The van der Waals surface area contributed by atoms with Crippen LogP contribution in [0.3, 0.4) is 0 Å². The first kappa shape index (κ1) is 8.49. The minimum Gasteiger partial charge on any atom is -0.497 e. The van der Waals surface area contributed by atoms with E-state index in [1.807, 2.05) is 0 Å². The van der Waals surface area contributed by atoms with Crippen LogP contribution in [0.1, 0.15) is 20.8 Å². The molecule has 0 saturated carbocycles. The fraction of sp³-hybridized carbons (Fsp3) is 1.00. The van der Waals surface area contributed by atoms with Crippen LogP contribution < -0.4 is 0 Å². The Hall–Kier alpha value is 0.492. The van der Waals surface area contributed by atoms with Crippen molar-refractivity contribution in [2.24, 2.45) is 0 Å². The molecule has 0 saturated heterocycles. The summed E-state index contributed by atoms with van der Waals surface area (Å²) < 4.78 is 5.58. The minimum atomic E-state index is -0.796. The molecule has 0 spiro atoms. The SMILES string of the molecule is [CH3][Al]([CH3])[O]C(C)(C)C. The predicted octanol–water partition coefficient (Wildman–Crippen LogP) is 2.05. The lowest BCUT2D eigenvalue weighted by atomic mass is 10.2. The molecular weight excluding hydrogens is 115 g/mol. The second kappa shape index (κ2) is 2.87. The van der Waals surface area contributed by atoms with Crippen molar-refractivity contribution in [3.63, 3.8) is 0 Å². The van der Waals surface area contributed by atoms with Crippen molar-refractivity contribution >= 4 is 14.5 Å². The molecule has 2 heteroatoms. The molecule has 0 heterocycles. The Morgan fingerprint density at radius 2 is 1.50 bits per heavy atom. The van der Waals surface area contributed by atoms with Crippen molar-refractivity contribution in [3.8, 4) is 0 Å². The Kier molecular flexibility index (Phi) is 3.05. The first-order valence-electron chi connectivity index (χ1n) is 3.09. The van der Waals surface area contributed by atoms with Gasteiger partial charge in [0.05, 0.1) is 0 Å². The van der Waals surface area contributed by atoms with Gasteiger partial charge in [0, 0.05) is 5.60 Å². The van der Waals surface area contributed by atoms with Crippen LogP contribution in [-0.4, -0.2) is 20.1 Å². The molecule has 0 rings (SSSR count). The topological polar surface area (TPSA) is 9.23 Å². The van der Waals surface area contributed by atoms with Crippen molar-refractivity contribution in [2.45, 2.75) is 37.9 Å². The average molecular weight is 130 g/mol. The van der Waals surface area contributed by atoms with Crippen LogP contribution in [0.25, 0.3) is 0 Å². The summed E-state index contributed by atoms with van der Waals surface area (Å²) in [7, 11) is 0. The summed E-state index contributed by atoms with van der Waals surface area (Å²) in [4.78, 5) is 0. The molecule has 0 amide bonds. The summed E-state index contributed by atoms with van der Waals surface area (Å²) in [6.45, 7) is 6.29. The zero-order valence-electron chi connectivity index (χ0n) is 6.49. The van der Waals surface area contributed by atoms with E-state index in [1.54, 1.807) is 0 Å². The summed E-state index contributed by atoms with van der Waals surface area (Å²) in [5.41, 5.74) is 0.0837. The standard InChI is InChI=1S/C4H9O.2CH3.Al/c1-4(2,3)5;;;/h1-3H3;2*1H3;/q-1;;;+1. The van der Waals surface area contributed by atoms with Gasteiger partial charge in [-0.25, -0.2) is 0 Å². The highest BCUT2D eigenvalue weighted by Gasteiger charge is 2.14. The molecule has 48 valence electrons. The predicted molar refractivity (Wildman–Crippen MR) is 38.3 cm³/mol. The third-order valence-electron chi connectivity index (χ3n) is 0.589. The summed E-state index contributed by atoms with van der Waals surface area (Å²) >= 11 is -0.796. The lowest BCUT2D eigenvalue weighted by Gasteiger charge is -2.22. The van der Waals surface area contributed by atoms with Gasteiger partial charge in [-0.1, -0.05) is 11.6 Å². The first-order valence-corrected chi connectivity index (χ1v) is 5.88. The van der Waals surface area contributed by atoms with Gasteiger partial charge in [0.15, 0.2) is 0 Å². The maximum absolute atomic E-state index is 5.58. The second-order valence-corrected chi connectivity index (χ2v) is 5.61. The van der Waals surface area contributed by atoms with Gasteiger partial charge in [0.25, 0.3) is 0 Å². The molecule has 0 bridgehead atoms. The van der Waals surface area contributed by atoms with E-state index in [9.17, 15) is 0 Å². The highest BCUT2D eigenvalue weighted by atomic mass is 27.2.